The van der Waals surface area contributed by atoms with E-state index in [0.717, 1.165) is 5.56 Å². The lowest BCUT2D eigenvalue weighted by Gasteiger charge is -2.02. The normalized spacial score (nSPS) is 10.4. The number of hydrogen-bond donors (Lipinski definition) is 1. The minimum absolute atomic E-state index is 0.109. The summed E-state index contributed by atoms with van der Waals surface area (Å²) < 4.78 is 0. The van der Waals surface area contributed by atoms with Gasteiger partial charge in [0.25, 0.3) is 0 Å². The van der Waals surface area contributed by atoms with Gasteiger partial charge in [0.1, 0.15) is 0 Å². The largest absolute Gasteiger partial charge is 0.392 e. The van der Waals surface area contributed by atoms with Crippen LogP contribution in [0, 0.1) is 6.92 Å². The zero-order valence-corrected chi connectivity index (χ0v) is 8.84. The smallest absolute Gasteiger partial charge is 0.0682 e. The maximum atomic E-state index is 9.03. The molecule has 0 aliphatic heterocycles. The van der Waals surface area contributed by atoms with E-state index in [4.69, 9.17) is 5.11 Å². The lowest BCUT2D eigenvalue weighted by molar-refractivity contribution is 0.282. The minimum atomic E-state index is 0.109. The van der Waals surface area contributed by atoms with Crippen LogP contribution in [0.5, 0.6) is 0 Å². The van der Waals surface area contributed by atoms with E-state index < -0.39 is 0 Å². The Balaban J connectivity index is 2.47. The average molecular weight is 204 g/mol. The molecule has 0 amide bonds. The van der Waals surface area contributed by atoms with Crippen LogP contribution in [-0.4, -0.2) is 5.11 Å². The molecule has 0 saturated heterocycles. The molecule has 0 unspecified atom stereocenters. The molecule has 2 heteroatoms. The van der Waals surface area contributed by atoms with Crippen molar-refractivity contribution in [1.82, 2.24) is 0 Å². The highest BCUT2D eigenvalue weighted by Gasteiger charge is 2.03. The predicted octanol–water partition coefficient (Wildman–Crippen LogP) is 3.22. The molecule has 0 saturated carbocycles. The van der Waals surface area contributed by atoms with Gasteiger partial charge >= 0.3 is 0 Å². The monoisotopic (exact) mass is 204 g/mol. The molecular formula is C12H12OS. The van der Waals surface area contributed by atoms with E-state index >= 15 is 0 Å². The van der Waals surface area contributed by atoms with Gasteiger partial charge in [-0.15, -0.1) is 11.3 Å². The number of benzene rings is 1. The van der Waals surface area contributed by atoms with Crippen LogP contribution >= 0.6 is 11.3 Å². The summed E-state index contributed by atoms with van der Waals surface area (Å²) in [7, 11) is 0. The fourth-order valence-corrected chi connectivity index (χ4v) is 2.40. The van der Waals surface area contributed by atoms with E-state index in [0.29, 0.717) is 0 Å². The van der Waals surface area contributed by atoms with Crippen LogP contribution in [0.15, 0.2) is 35.7 Å². The molecule has 0 spiro atoms. The quantitative estimate of drug-likeness (QED) is 0.796. The molecule has 0 radical (unpaired) electrons. The Morgan fingerprint density at radius 1 is 1.29 bits per heavy atom. The van der Waals surface area contributed by atoms with Crippen LogP contribution in [0.25, 0.3) is 10.4 Å². The fourth-order valence-electron chi connectivity index (χ4n) is 1.48. The van der Waals surface area contributed by atoms with Gasteiger partial charge in [-0.1, -0.05) is 18.2 Å². The van der Waals surface area contributed by atoms with Gasteiger partial charge in [-0.25, -0.2) is 0 Å². The second-order valence-corrected chi connectivity index (χ2v) is 4.21. The molecular weight excluding hydrogens is 192 g/mol. The highest BCUT2D eigenvalue weighted by molar-refractivity contribution is 7.13. The summed E-state index contributed by atoms with van der Waals surface area (Å²) in [5.41, 5.74) is 3.46. The second-order valence-electron chi connectivity index (χ2n) is 3.29. The summed E-state index contributed by atoms with van der Waals surface area (Å²) in [6.07, 6.45) is 0. The Hall–Kier alpha value is -1.12. The molecule has 0 bridgehead atoms. The molecule has 1 nitrogen and oxygen atoms in total. The molecule has 1 N–H and O–H groups in total. The minimum Gasteiger partial charge on any atom is -0.392 e. The Labute approximate surface area is 87.7 Å². The van der Waals surface area contributed by atoms with Crippen LogP contribution in [0.4, 0.5) is 0 Å². The van der Waals surface area contributed by atoms with E-state index in [1.54, 1.807) is 11.3 Å². The highest BCUT2D eigenvalue weighted by atomic mass is 32.1. The molecule has 0 fully saturated rings. The van der Waals surface area contributed by atoms with Gasteiger partial charge in [0.15, 0.2) is 0 Å². The number of aliphatic hydroxyl groups excluding tert-OH is 1. The maximum Gasteiger partial charge on any atom is 0.0682 e. The molecule has 1 heterocycles. The zero-order valence-electron chi connectivity index (χ0n) is 8.03. The van der Waals surface area contributed by atoms with Gasteiger partial charge in [0, 0.05) is 4.88 Å². The Morgan fingerprint density at radius 3 is 2.79 bits per heavy atom. The van der Waals surface area contributed by atoms with Gasteiger partial charge in [-0.2, -0.15) is 0 Å². The van der Waals surface area contributed by atoms with Crippen LogP contribution in [0.1, 0.15) is 11.1 Å². The lowest BCUT2D eigenvalue weighted by Crippen LogP contribution is -1.83. The van der Waals surface area contributed by atoms with E-state index in [1.807, 2.05) is 18.2 Å². The van der Waals surface area contributed by atoms with Crippen LogP contribution in [-0.2, 0) is 6.61 Å². The first-order chi connectivity index (χ1) is 6.81. The summed E-state index contributed by atoms with van der Waals surface area (Å²) in [5.74, 6) is 0. The summed E-state index contributed by atoms with van der Waals surface area (Å²) in [6, 6.07) is 10.2. The van der Waals surface area contributed by atoms with Gasteiger partial charge in [-0.3, -0.25) is 0 Å². The Bertz CT molecular complexity index is 431. The van der Waals surface area contributed by atoms with Gasteiger partial charge < -0.3 is 5.11 Å². The first-order valence-corrected chi connectivity index (χ1v) is 5.43. The van der Waals surface area contributed by atoms with Crippen molar-refractivity contribution in [3.63, 3.8) is 0 Å². The second kappa shape index (κ2) is 3.95. The number of aliphatic hydroxyl groups is 1. The van der Waals surface area contributed by atoms with E-state index in [9.17, 15) is 0 Å². The molecule has 2 aromatic rings. The van der Waals surface area contributed by atoms with Crippen molar-refractivity contribution >= 4 is 11.3 Å². The predicted molar refractivity (Wildman–Crippen MR) is 60.4 cm³/mol. The van der Waals surface area contributed by atoms with Gasteiger partial charge in [0.05, 0.1) is 6.61 Å². The number of thiophene rings is 1. The summed E-state index contributed by atoms with van der Waals surface area (Å²) >= 11 is 1.74. The molecule has 1 aromatic carbocycles. The van der Waals surface area contributed by atoms with Crippen molar-refractivity contribution in [3.05, 3.63) is 46.8 Å². The molecule has 72 valence electrons. The molecule has 0 aliphatic rings. The maximum absolute atomic E-state index is 9.03. The summed E-state index contributed by atoms with van der Waals surface area (Å²) in [6.45, 7) is 2.22. The molecule has 0 aliphatic carbocycles. The highest BCUT2D eigenvalue weighted by Crippen LogP contribution is 2.29. The SMILES string of the molecule is Cc1ccsc1-c1cccc(CO)c1. The number of rotatable bonds is 2. The standard InChI is InChI=1S/C12H12OS/c1-9-5-6-14-12(9)11-4-2-3-10(7-11)8-13/h2-7,13H,8H2,1H3. The third-order valence-electron chi connectivity index (χ3n) is 2.23. The Morgan fingerprint density at radius 2 is 2.14 bits per heavy atom. The first-order valence-electron chi connectivity index (χ1n) is 4.55. The third kappa shape index (κ3) is 1.72. The number of hydrogen-bond acceptors (Lipinski definition) is 2. The third-order valence-corrected chi connectivity index (χ3v) is 3.30. The van der Waals surface area contributed by atoms with E-state index in [2.05, 4.69) is 24.4 Å². The lowest BCUT2D eigenvalue weighted by atomic mass is 10.1. The van der Waals surface area contributed by atoms with Gasteiger partial charge in [0.2, 0.25) is 0 Å². The van der Waals surface area contributed by atoms with Crippen LogP contribution in [0.3, 0.4) is 0 Å². The van der Waals surface area contributed by atoms with Crippen molar-refractivity contribution in [3.8, 4) is 10.4 Å². The molecule has 14 heavy (non-hydrogen) atoms. The summed E-state index contributed by atoms with van der Waals surface area (Å²) in [4.78, 5) is 1.29. The van der Waals surface area contributed by atoms with Crippen molar-refractivity contribution in [2.24, 2.45) is 0 Å². The Kier molecular flexibility index (Phi) is 2.66. The fraction of sp³-hybridized carbons (Fsp3) is 0.167. The zero-order chi connectivity index (χ0) is 9.97. The van der Waals surface area contributed by atoms with Gasteiger partial charge in [-0.05, 0) is 41.1 Å². The average Bonchev–Trinajstić information content (AvgIpc) is 2.65. The molecule has 0 atom stereocenters. The van der Waals surface area contributed by atoms with Crippen molar-refractivity contribution < 1.29 is 5.11 Å². The van der Waals surface area contributed by atoms with Crippen molar-refractivity contribution in [2.45, 2.75) is 13.5 Å². The topological polar surface area (TPSA) is 20.2 Å². The number of aryl methyl sites for hydroxylation is 1. The van der Waals surface area contributed by atoms with E-state index in [-0.39, 0.29) is 6.61 Å². The molecule has 1 aromatic heterocycles. The molecule has 2 rings (SSSR count). The van der Waals surface area contributed by atoms with E-state index in [1.165, 1.54) is 16.0 Å². The summed E-state index contributed by atoms with van der Waals surface area (Å²) in [5, 5.41) is 11.1. The van der Waals surface area contributed by atoms with Crippen LogP contribution in [0.2, 0.25) is 0 Å². The van der Waals surface area contributed by atoms with Crippen LogP contribution < -0.4 is 0 Å². The van der Waals surface area contributed by atoms with Crippen molar-refractivity contribution in [1.29, 1.82) is 0 Å². The first kappa shape index (κ1) is 9.44. The van der Waals surface area contributed by atoms with Crippen molar-refractivity contribution in [2.75, 3.05) is 0 Å².